The van der Waals surface area contributed by atoms with Crippen LogP contribution in [0.4, 0.5) is 0 Å². The zero-order valence-electron chi connectivity index (χ0n) is 64.4. The SMILES string of the molecule is CC/C=C\C/C=C\C/C=C\C/C=C\C/C=C\CCCC(=O)OCC(COP(=O)(O)OCC(O)COP(=O)(O)OCC(COC(=O)CCCCCCCC/C=C\C/C=C\C/C=C\CCCCC)OC(=O)CCCCCCC/C=C\C/C=C\CCC)OC(=O)CCCC/C=C\C/C=C\C/C=C\C/C=C\CC. The minimum Gasteiger partial charge on any atom is -0.462 e. The molecule has 590 valence electrons. The Kier molecular flexibility index (Phi) is 71.6. The second-order valence-electron chi connectivity index (χ2n) is 25.5. The number of phosphoric ester groups is 2. The van der Waals surface area contributed by atoms with E-state index >= 15 is 0 Å². The van der Waals surface area contributed by atoms with Crippen LogP contribution < -0.4 is 0 Å². The second kappa shape index (κ2) is 75.6. The summed E-state index contributed by atoms with van der Waals surface area (Å²) in [6.45, 7) is 4.39. The number of rotatable bonds is 72. The summed E-state index contributed by atoms with van der Waals surface area (Å²) in [5, 5.41) is 10.6. The van der Waals surface area contributed by atoms with Gasteiger partial charge in [-0.1, -0.05) is 262 Å². The molecule has 0 spiro atoms. The molecular formula is C85H138O17P2. The maximum absolute atomic E-state index is 13.1. The Hall–Kier alpha value is -5.58. The number of esters is 4. The smallest absolute Gasteiger partial charge is 0.462 e. The third-order valence-corrected chi connectivity index (χ3v) is 17.5. The molecule has 0 aromatic rings. The van der Waals surface area contributed by atoms with Crippen molar-refractivity contribution >= 4 is 39.5 Å². The van der Waals surface area contributed by atoms with Crippen molar-refractivity contribution in [3.63, 3.8) is 0 Å². The first-order chi connectivity index (χ1) is 50.7. The number of allylic oxidation sites excluding steroid dienone is 28. The van der Waals surface area contributed by atoms with Gasteiger partial charge in [0.05, 0.1) is 26.4 Å². The zero-order valence-corrected chi connectivity index (χ0v) is 66.2. The van der Waals surface area contributed by atoms with Crippen molar-refractivity contribution in [3.8, 4) is 0 Å². The van der Waals surface area contributed by atoms with Gasteiger partial charge in [0.1, 0.15) is 19.3 Å². The largest absolute Gasteiger partial charge is 0.472 e. The summed E-state index contributed by atoms with van der Waals surface area (Å²) in [7, 11) is -10.0. The fourth-order valence-electron chi connectivity index (χ4n) is 9.70. The van der Waals surface area contributed by atoms with Gasteiger partial charge in [-0.15, -0.1) is 0 Å². The number of carbonyl (C=O) groups is 4. The molecule has 0 saturated carbocycles. The van der Waals surface area contributed by atoms with Gasteiger partial charge in [-0.25, -0.2) is 9.13 Å². The summed E-state index contributed by atoms with van der Waals surface area (Å²) in [4.78, 5) is 73.0. The van der Waals surface area contributed by atoms with Crippen LogP contribution in [0.3, 0.4) is 0 Å². The van der Waals surface area contributed by atoms with Crippen LogP contribution in [0.25, 0.3) is 0 Å². The summed E-state index contributed by atoms with van der Waals surface area (Å²) in [5.41, 5.74) is 0. The fourth-order valence-corrected chi connectivity index (χ4v) is 11.3. The molecule has 0 amide bonds. The van der Waals surface area contributed by atoms with Crippen molar-refractivity contribution in [2.45, 2.75) is 303 Å². The third-order valence-electron chi connectivity index (χ3n) is 15.6. The summed E-state index contributed by atoms with van der Waals surface area (Å²) >= 11 is 0. The lowest BCUT2D eigenvalue weighted by molar-refractivity contribution is -0.161. The van der Waals surface area contributed by atoms with Crippen LogP contribution in [0.2, 0.25) is 0 Å². The van der Waals surface area contributed by atoms with E-state index in [1.54, 1.807) is 0 Å². The van der Waals surface area contributed by atoms with Crippen molar-refractivity contribution in [1.29, 1.82) is 0 Å². The highest BCUT2D eigenvalue weighted by Gasteiger charge is 2.30. The average Bonchev–Trinajstić information content (AvgIpc) is 0.939. The van der Waals surface area contributed by atoms with Gasteiger partial charge >= 0.3 is 39.5 Å². The topological polar surface area (TPSA) is 237 Å². The van der Waals surface area contributed by atoms with Crippen LogP contribution in [0.15, 0.2) is 170 Å². The number of aliphatic hydroxyl groups excluding tert-OH is 1. The van der Waals surface area contributed by atoms with E-state index in [1.165, 1.54) is 19.3 Å². The molecule has 0 aliphatic heterocycles. The highest BCUT2D eigenvalue weighted by Crippen LogP contribution is 2.45. The fraction of sp³-hybridized carbons (Fsp3) is 0.624. The van der Waals surface area contributed by atoms with Gasteiger partial charge in [0.25, 0.3) is 0 Å². The van der Waals surface area contributed by atoms with Crippen LogP contribution in [0.1, 0.15) is 285 Å². The lowest BCUT2D eigenvalue weighted by Gasteiger charge is -2.21. The monoisotopic (exact) mass is 1490 g/mol. The van der Waals surface area contributed by atoms with Gasteiger partial charge in [0, 0.05) is 25.7 Å². The van der Waals surface area contributed by atoms with Crippen molar-refractivity contribution < 1.29 is 80.2 Å². The minimum absolute atomic E-state index is 0.0237. The number of ether oxygens (including phenoxy) is 4. The van der Waals surface area contributed by atoms with Gasteiger partial charge in [-0.05, 0) is 167 Å². The first-order valence-electron chi connectivity index (χ1n) is 39.4. The van der Waals surface area contributed by atoms with Crippen LogP contribution in [-0.4, -0.2) is 96.7 Å². The van der Waals surface area contributed by atoms with Crippen molar-refractivity contribution in [2.75, 3.05) is 39.6 Å². The zero-order chi connectivity index (χ0) is 76.0. The molecule has 0 radical (unpaired) electrons. The van der Waals surface area contributed by atoms with Crippen LogP contribution >= 0.6 is 15.6 Å². The Balaban J connectivity index is 5.46. The van der Waals surface area contributed by atoms with E-state index in [0.29, 0.717) is 38.5 Å². The Labute approximate surface area is 629 Å². The van der Waals surface area contributed by atoms with Crippen LogP contribution in [0.5, 0.6) is 0 Å². The summed E-state index contributed by atoms with van der Waals surface area (Å²) in [6, 6.07) is 0. The number of unbranched alkanes of at least 4 members (excludes halogenated alkanes) is 18. The van der Waals surface area contributed by atoms with E-state index in [9.17, 15) is 43.2 Å². The molecule has 3 N–H and O–H groups in total. The van der Waals surface area contributed by atoms with Gasteiger partial charge in [-0.2, -0.15) is 0 Å². The summed E-state index contributed by atoms with van der Waals surface area (Å²) in [6.07, 6.45) is 89.2. The molecule has 0 bridgehead atoms. The molecule has 0 saturated heterocycles. The Morgan fingerprint density at radius 3 is 0.865 bits per heavy atom. The standard InChI is InChI=1S/C85H138O17P2/c1-5-9-13-17-21-25-29-33-36-38-39-41-44-47-50-54-58-62-66-70-83(88)95-75-80(101-84(89)71-67-63-59-55-51-45-32-28-24-20-16-12-8-4)77-99-103(91,92)97-73-79(86)74-98-104(93,94)100-78-81(102-85(90)72-68-64-60-56-52-48-42-35-31-27-23-19-15-11-7-3)76-96-82(87)69-65-61-57-53-49-46-43-40-37-34-30-26-22-18-14-10-6-2/h10-11,14-16,20-23,25-28,32-37,39,41-43,46,52-53,56-57,79-81,86H,5-9,12-13,17-19,24,29-31,38,40,44-45,47-51,54-55,58-78H2,1-4H3,(H,91,92)(H,93,94)/b14-10-,15-11-,20-16-,25-21-,26-22-,27-23-,32-28-,36-33-,37-34-,41-39-,42-35-,46-43-,56-52-,57-53-. The molecule has 0 fully saturated rings. The molecule has 0 heterocycles. The predicted molar refractivity (Wildman–Crippen MR) is 426 cm³/mol. The van der Waals surface area contributed by atoms with Gasteiger partial charge in [-0.3, -0.25) is 37.3 Å². The number of aliphatic hydroxyl groups is 1. The summed E-state index contributed by atoms with van der Waals surface area (Å²) in [5.74, 6) is -2.33. The number of carbonyl (C=O) groups excluding carboxylic acids is 4. The van der Waals surface area contributed by atoms with E-state index in [4.69, 9.17) is 37.0 Å². The average molecular weight is 1490 g/mol. The molecule has 0 aromatic heterocycles. The Morgan fingerprint density at radius 1 is 0.279 bits per heavy atom. The first kappa shape index (κ1) is 98.4. The maximum Gasteiger partial charge on any atom is 0.472 e. The molecule has 104 heavy (non-hydrogen) atoms. The van der Waals surface area contributed by atoms with Crippen LogP contribution in [0, 0.1) is 0 Å². The van der Waals surface area contributed by atoms with E-state index in [-0.39, 0.29) is 25.7 Å². The quantitative estimate of drug-likeness (QED) is 0.0169. The van der Waals surface area contributed by atoms with Gasteiger partial charge < -0.3 is 33.8 Å². The van der Waals surface area contributed by atoms with Gasteiger partial charge in [0.2, 0.25) is 0 Å². The summed E-state index contributed by atoms with van der Waals surface area (Å²) < 4.78 is 68.4. The number of hydrogen-bond acceptors (Lipinski definition) is 15. The first-order valence-corrected chi connectivity index (χ1v) is 42.4. The molecule has 0 aromatic carbocycles. The number of phosphoric acid groups is 2. The number of hydrogen-bond donors (Lipinski definition) is 3. The highest BCUT2D eigenvalue weighted by atomic mass is 31.2. The highest BCUT2D eigenvalue weighted by molar-refractivity contribution is 7.47. The molecule has 5 atom stereocenters. The Bertz CT molecular complexity index is 2640. The predicted octanol–water partition coefficient (Wildman–Crippen LogP) is 23.0. The lowest BCUT2D eigenvalue weighted by Crippen LogP contribution is -2.30. The maximum atomic E-state index is 13.1. The van der Waals surface area contributed by atoms with E-state index in [0.717, 1.165) is 173 Å². The molecular weight excluding hydrogens is 1350 g/mol. The van der Waals surface area contributed by atoms with Gasteiger partial charge in [0.15, 0.2) is 12.2 Å². The van der Waals surface area contributed by atoms with E-state index < -0.39 is 97.5 Å². The lowest BCUT2D eigenvalue weighted by atomic mass is 10.1. The van der Waals surface area contributed by atoms with Crippen LogP contribution in [-0.2, 0) is 65.4 Å². The second-order valence-corrected chi connectivity index (χ2v) is 28.4. The molecule has 0 aliphatic carbocycles. The minimum atomic E-state index is -5.01. The normalized spacial score (nSPS) is 14.8. The molecule has 19 heteroatoms. The molecule has 5 unspecified atom stereocenters. The van der Waals surface area contributed by atoms with Crippen molar-refractivity contribution in [3.05, 3.63) is 170 Å². The Morgan fingerprint density at radius 2 is 0.529 bits per heavy atom. The van der Waals surface area contributed by atoms with Crippen molar-refractivity contribution in [1.82, 2.24) is 0 Å². The third kappa shape index (κ3) is 74.7. The van der Waals surface area contributed by atoms with E-state index in [1.807, 2.05) is 12.2 Å². The molecule has 17 nitrogen and oxygen atoms in total. The van der Waals surface area contributed by atoms with E-state index in [2.05, 4.69) is 186 Å². The molecule has 0 aliphatic rings. The van der Waals surface area contributed by atoms with Crippen molar-refractivity contribution in [2.24, 2.45) is 0 Å². The molecule has 0 rings (SSSR count).